The van der Waals surface area contributed by atoms with Gasteiger partial charge in [-0.1, -0.05) is 49.7 Å². The molecule has 21 heavy (non-hydrogen) atoms. The Morgan fingerprint density at radius 1 is 0.857 bits per heavy atom. The highest BCUT2D eigenvalue weighted by Crippen LogP contribution is 2.28. The number of halogens is 1. The molecule has 1 nitrogen and oxygen atoms in total. The molecule has 2 heteroatoms. The van der Waals surface area contributed by atoms with Crippen molar-refractivity contribution in [3.8, 4) is 16.9 Å². The third-order valence-corrected chi connectivity index (χ3v) is 3.72. The second kappa shape index (κ2) is 5.57. The summed E-state index contributed by atoms with van der Waals surface area (Å²) < 4.78 is 13.5. The van der Waals surface area contributed by atoms with Crippen LogP contribution < -0.4 is 0 Å². The van der Waals surface area contributed by atoms with Crippen LogP contribution >= 0.6 is 0 Å². The molecule has 0 aliphatic carbocycles. The second-order valence-corrected chi connectivity index (χ2v) is 5.31. The van der Waals surface area contributed by atoms with E-state index in [0.29, 0.717) is 0 Å². The number of hydrogen-bond acceptors (Lipinski definition) is 1. The highest BCUT2D eigenvalue weighted by Gasteiger charge is 2.05. The van der Waals surface area contributed by atoms with E-state index >= 15 is 0 Å². The lowest BCUT2D eigenvalue weighted by molar-refractivity contribution is 0.432. The van der Waals surface area contributed by atoms with E-state index in [2.05, 4.69) is 37.3 Å². The van der Waals surface area contributed by atoms with Gasteiger partial charge in [-0.25, -0.2) is 4.39 Å². The average Bonchev–Trinajstić information content (AvgIpc) is 2.50. The molecule has 0 saturated carbocycles. The fraction of sp³-hybridized carbons (Fsp3) is 0.158. The maximum absolute atomic E-state index is 13.5. The van der Waals surface area contributed by atoms with Crippen molar-refractivity contribution < 1.29 is 9.50 Å². The Balaban J connectivity index is 2.04. The van der Waals surface area contributed by atoms with E-state index < -0.39 is 5.82 Å². The van der Waals surface area contributed by atoms with E-state index in [4.69, 9.17) is 0 Å². The predicted octanol–water partition coefficient (Wildman–Crippen LogP) is 5.30. The number of rotatable bonds is 3. The molecule has 0 atom stereocenters. The number of hydrogen-bond donors (Lipinski definition) is 1. The van der Waals surface area contributed by atoms with E-state index in [1.165, 1.54) is 23.1 Å². The molecule has 0 aliphatic rings. The molecule has 3 aromatic rings. The Hall–Kier alpha value is -2.35. The molecule has 0 saturated heterocycles. The van der Waals surface area contributed by atoms with Crippen LogP contribution in [0.1, 0.15) is 18.9 Å². The summed E-state index contributed by atoms with van der Waals surface area (Å²) in [7, 11) is 0. The van der Waals surface area contributed by atoms with Crippen LogP contribution in [0.2, 0.25) is 0 Å². The van der Waals surface area contributed by atoms with Crippen molar-refractivity contribution in [1.82, 2.24) is 0 Å². The largest absolute Gasteiger partial charge is 0.505 e. The molecule has 0 radical (unpaired) electrons. The van der Waals surface area contributed by atoms with Crippen LogP contribution in [0, 0.1) is 5.82 Å². The monoisotopic (exact) mass is 280 g/mol. The van der Waals surface area contributed by atoms with Gasteiger partial charge in [0.1, 0.15) is 0 Å². The Labute approximate surface area is 123 Å². The molecule has 0 aromatic heterocycles. The predicted molar refractivity (Wildman–Crippen MR) is 85.0 cm³/mol. The standard InChI is InChI=1S/C19H17FO/c1-2-3-13-4-5-15-11-16(7-6-14(15)10-13)17-8-9-19(21)18(20)12-17/h4-12,21H,2-3H2,1H3. The highest BCUT2D eigenvalue weighted by atomic mass is 19.1. The fourth-order valence-corrected chi connectivity index (χ4v) is 2.61. The zero-order valence-corrected chi connectivity index (χ0v) is 11.9. The number of benzene rings is 3. The van der Waals surface area contributed by atoms with Crippen molar-refractivity contribution in [3.63, 3.8) is 0 Å². The van der Waals surface area contributed by atoms with Crippen molar-refractivity contribution >= 4 is 10.8 Å². The fourth-order valence-electron chi connectivity index (χ4n) is 2.61. The topological polar surface area (TPSA) is 20.2 Å². The molecular formula is C19H17FO. The van der Waals surface area contributed by atoms with Gasteiger partial charge < -0.3 is 5.11 Å². The Morgan fingerprint density at radius 2 is 1.52 bits per heavy atom. The molecule has 106 valence electrons. The molecule has 0 aliphatic heterocycles. The van der Waals surface area contributed by atoms with Crippen LogP contribution in [-0.4, -0.2) is 5.11 Å². The lowest BCUT2D eigenvalue weighted by Crippen LogP contribution is -1.85. The smallest absolute Gasteiger partial charge is 0.165 e. The first-order chi connectivity index (χ1) is 10.2. The molecule has 0 heterocycles. The van der Waals surface area contributed by atoms with Crippen LogP contribution in [0.4, 0.5) is 4.39 Å². The number of phenols is 1. The zero-order valence-electron chi connectivity index (χ0n) is 11.9. The molecule has 0 bridgehead atoms. The van der Waals surface area contributed by atoms with E-state index in [0.717, 1.165) is 29.4 Å². The first kappa shape index (κ1) is 13.6. The molecule has 1 N–H and O–H groups in total. The molecule has 0 unspecified atom stereocenters. The number of aryl methyl sites for hydroxylation is 1. The van der Waals surface area contributed by atoms with Crippen molar-refractivity contribution in [3.05, 3.63) is 66.0 Å². The molecule has 3 rings (SSSR count). The highest BCUT2D eigenvalue weighted by molar-refractivity contribution is 5.87. The van der Waals surface area contributed by atoms with Crippen molar-refractivity contribution in [2.75, 3.05) is 0 Å². The van der Waals surface area contributed by atoms with E-state index in [1.807, 2.05) is 6.07 Å². The van der Waals surface area contributed by atoms with Gasteiger partial charge in [-0.15, -0.1) is 0 Å². The summed E-state index contributed by atoms with van der Waals surface area (Å²) in [6.07, 6.45) is 2.22. The first-order valence-corrected chi connectivity index (χ1v) is 7.19. The summed E-state index contributed by atoms with van der Waals surface area (Å²) in [6.45, 7) is 2.17. The van der Waals surface area contributed by atoms with Gasteiger partial charge in [0.05, 0.1) is 0 Å². The van der Waals surface area contributed by atoms with Crippen molar-refractivity contribution in [2.24, 2.45) is 0 Å². The van der Waals surface area contributed by atoms with Crippen LogP contribution in [0.5, 0.6) is 5.75 Å². The van der Waals surface area contributed by atoms with E-state index in [9.17, 15) is 9.50 Å². The number of phenolic OH excluding ortho intramolecular Hbond substituents is 1. The summed E-state index contributed by atoms with van der Waals surface area (Å²) in [6, 6.07) is 17.1. The van der Waals surface area contributed by atoms with E-state index in [-0.39, 0.29) is 5.75 Å². The van der Waals surface area contributed by atoms with Gasteiger partial charge in [0.25, 0.3) is 0 Å². The lowest BCUT2D eigenvalue weighted by Gasteiger charge is -2.07. The number of fused-ring (bicyclic) bond motifs is 1. The minimum absolute atomic E-state index is 0.316. The molecule has 3 aromatic carbocycles. The second-order valence-electron chi connectivity index (χ2n) is 5.31. The maximum Gasteiger partial charge on any atom is 0.165 e. The third-order valence-electron chi connectivity index (χ3n) is 3.72. The van der Waals surface area contributed by atoms with Crippen LogP contribution in [0.25, 0.3) is 21.9 Å². The average molecular weight is 280 g/mol. The van der Waals surface area contributed by atoms with Gasteiger partial charge in [0.2, 0.25) is 0 Å². The quantitative estimate of drug-likeness (QED) is 0.690. The van der Waals surface area contributed by atoms with Crippen LogP contribution in [0.15, 0.2) is 54.6 Å². The summed E-state index contributed by atoms with van der Waals surface area (Å²) in [5.41, 5.74) is 3.06. The molecule has 0 spiro atoms. The summed E-state index contributed by atoms with van der Waals surface area (Å²) >= 11 is 0. The summed E-state index contributed by atoms with van der Waals surface area (Å²) in [5, 5.41) is 11.6. The minimum Gasteiger partial charge on any atom is -0.505 e. The first-order valence-electron chi connectivity index (χ1n) is 7.19. The Morgan fingerprint density at radius 3 is 2.29 bits per heavy atom. The molecule has 0 amide bonds. The van der Waals surface area contributed by atoms with Gasteiger partial charge in [-0.2, -0.15) is 0 Å². The third kappa shape index (κ3) is 2.75. The van der Waals surface area contributed by atoms with E-state index in [1.54, 1.807) is 6.07 Å². The Kier molecular flexibility index (Phi) is 3.61. The van der Waals surface area contributed by atoms with Gasteiger partial charge in [0.15, 0.2) is 11.6 Å². The maximum atomic E-state index is 13.5. The van der Waals surface area contributed by atoms with Gasteiger partial charge in [0, 0.05) is 0 Å². The summed E-state index contributed by atoms with van der Waals surface area (Å²) in [4.78, 5) is 0. The normalized spacial score (nSPS) is 11.0. The number of aromatic hydroxyl groups is 1. The van der Waals surface area contributed by atoms with Gasteiger partial charge >= 0.3 is 0 Å². The minimum atomic E-state index is -0.592. The van der Waals surface area contributed by atoms with Crippen molar-refractivity contribution in [2.45, 2.75) is 19.8 Å². The zero-order chi connectivity index (χ0) is 14.8. The SMILES string of the molecule is CCCc1ccc2cc(-c3ccc(O)c(F)c3)ccc2c1. The Bertz CT molecular complexity index is 793. The molecular weight excluding hydrogens is 263 g/mol. The van der Waals surface area contributed by atoms with Crippen molar-refractivity contribution in [1.29, 1.82) is 0 Å². The van der Waals surface area contributed by atoms with Crippen LogP contribution in [0.3, 0.4) is 0 Å². The molecule has 0 fully saturated rings. The van der Waals surface area contributed by atoms with Crippen LogP contribution in [-0.2, 0) is 6.42 Å². The van der Waals surface area contributed by atoms with Gasteiger partial charge in [-0.05, 0) is 52.1 Å². The lowest BCUT2D eigenvalue weighted by atomic mass is 9.99. The summed E-state index contributed by atoms with van der Waals surface area (Å²) in [5.74, 6) is -0.908. The van der Waals surface area contributed by atoms with Gasteiger partial charge in [-0.3, -0.25) is 0 Å².